The number of benzene rings is 2. The van der Waals surface area contributed by atoms with Crippen molar-refractivity contribution in [3.8, 4) is 16.9 Å². The Balaban J connectivity index is 1.80. The van der Waals surface area contributed by atoms with Crippen LogP contribution in [-0.2, 0) is 21.2 Å². The molecule has 0 aliphatic carbocycles. The van der Waals surface area contributed by atoms with Gasteiger partial charge in [-0.15, -0.1) is 0 Å². The summed E-state index contributed by atoms with van der Waals surface area (Å²) in [5.41, 5.74) is 3.10. The van der Waals surface area contributed by atoms with Gasteiger partial charge in [-0.25, -0.2) is 8.42 Å². The molecule has 2 aromatic carbocycles. The van der Waals surface area contributed by atoms with Crippen molar-refractivity contribution in [3.63, 3.8) is 0 Å². The molecule has 9 nitrogen and oxygen atoms in total. The van der Waals surface area contributed by atoms with Gasteiger partial charge >= 0.3 is 0 Å². The summed E-state index contributed by atoms with van der Waals surface area (Å²) in [7, 11) is -2.63. The minimum atomic E-state index is -4.03. The molecule has 0 bridgehead atoms. The van der Waals surface area contributed by atoms with Gasteiger partial charge in [-0.2, -0.15) is 9.78 Å². The van der Waals surface area contributed by atoms with Crippen molar-refractivity contribution in [1.29, 1.82) is 0 Å². The zero-order valence-electron chi connectivity index (χ0n) is 20.1. The molecule has 1 aromatic heterocycles. The van der Waals surface area contributed by atoms with Crippen molar-refractivity contribution < 1.29 is 22.7 Å². The van der Waals surface area contributed by atoms with Gasteiger partial charge in [0.15, 0.2) is 0 Å². The average Bonchev–Trinajstić information content (AvgIpc) is 3.13. The summed E-state index contributed by atoms with van der Waals surface area (Å²) in [6.45, 7) is 6.00. The van der Waals surface area contributed by atoms with E-state index in [1.165, 1.54) is 17.9 Å². The number of methoxy groups -OCH3 is 1. The molecule has 4 rings (SSSR count). The van der Waals surface area contributed by atoms with Crippen LogP contribution in [0.25, 0.3) is 11.1 Å². The number of fused-ring (bicyclic) bond motifs is 1. The van der Waals surface area contributed by atoms with E-state index in [1.54, 1.807) is 24.3 Å². The highest BCUT2D eigenvalue weighted by molar-refractivity contribution is 7.92. The Morgan fingerprint density at radius 3 is 2.46 bits per heavy atom. The Morgan fingerprint density at radius 1 is 1.11 bits per heavy atom. The summed E-state index contributed by atoms with van der Waals surface area (Å²) >= 11 is 0. The van der Waals surface area contributed by atoms with Crippen LogP contribution in [0, 0.1) is 0 Å². The smallest absolute Gasteiger partial charge is 0.265 e. The lowest BCUT2D eigenvalue weighted by Gasteiger charge is -2.15. The quantitative estimate of drug-likeness (QED) is 0.500. The summed E-state index contributed by atoms with van der Waals surface area (Å²) in [4.78, 5) is 24.7. The van der Waals surface area contributed by atoms with Crippen molar-refractivity contribution in [2.75, 3.05) is 17.1 Å². The van der Waals surface area contributed by atoms with E-state index in [0.29, 0.717) is 34.8 Å². The number of aromatic nitrogens is 2. The summed E-state index contributed by atoms with van der Waals surface area (Å²) in [6.07, 6.45) is 0.586. The molecular formula is C25H28N4O5S. The maximum Gasteiger partial charge on any atom is 0.265 e. The number of sulfonamides is 1. The zero-order valence-corrected chi connectivity index (χ0v) is 20.9. The number of carbonyl (C=O) groups is 2. The first-order valence-corrected chi connectivity index (χ1v) is 12.9. The number of anilines is 2. The van der Waals surface area contributed by atoms with Gasteiger partial charge in [0.25, 0.3) is 10.0 Å². The zero-order chi connectivity index (χ0) is 25.3. The molecule has 10 heteroatoms. The predicted molar refractivity (Wildman–Crippen MR) is 133 cm³/mol. The molecule has 2 N–H and O–H groups in total. The van der Waals surface area contributed by atoms with E-state index in [9.17, 15) is 18.0 Å². The van der Waals surface area contributed by atoms with E-state index < -0.39 is 10.0 Å². The van der Waals surface area contributed by atoms with Crippen LogP contribution in [0.2, 0.25) is 0 Å². The fraction of sp³-hybridized carbons (Fsp3) is 0.320. The number of amides is 1. The lowest BCUT2D eigenvalue weighted by atomic mass is 10.0. The summed E-state index contributed by atoms with van der Waals surface area (Å²) < 4.78 is 35.9. The number of hydrogen-bond donors (Lipinski definition) is 2. The van der Waals surface area contributed by atoms with Crippen molar-refractivity contribution >= 4 is 33.3 Å². The fourth-order valence-corrected chi connectivity index (χ4v) is 5.27. The molecule has 2 heterocycles. The van der Waals surface area contributed by atoms with Crippen molar-refractivity contribution in [3.05, 3.63) is 53.7 Å². The second-order valence-corrected chi connectivity index (χ2v) is 10.3. The van der Waals surface area contributed by atoms with Gasteiger partial charge in [0, 0.05) is 24.1 Å². The molecule has 35 heavy (non-hydrogen) atoms. The van der Waals surface area contributed by atoms with E-state index in [0.717, 1.165) is 5.56 Å². The normalized spacial score (nSPS) is 13.9. The SMILES string of the molecule is CCc1nn2c(c1-c1ccc(OC)c(S(=O)(=O)Nc3ccc(C(C)C)cc3)c1)NC(=O)CCC2=O. The third-order valence-electron chi connectivity index (χ3n) is 5.92. The Labute approximate surface area is 204 Å². The van der Waals surface area contributed by atoms with Crippen LogP contribution in [-0.4, -0.2) is 37.1 Å². The highest BCUT2D eigenvalue weighted by atomic mass is 32.2. The van der Waals surface area contributed by atoms with Gasteiger partial charge in [0.1, 0.15) is 16.5 Å². The van der Waals surface area contributed by atoms with Crippen LogP contribution in [0.1, 0.15) is 55.6 Å². The monoisotopic (exact) mass is 496 g/mol. The standard InChI is InChI=1S/C25H28N4O5S/c1-5-19-24(25-26-22(30)12-13-23(31)29(25)27-19)17-8-11-20(34-4)21(14-17)35(32,33)28-18-9-6-16(7-10-18)15(2)3/h6-11,14-15,28H,5,12-13H2,1-4H3,(H,26,30). The molecule has 0 saturated heterocycles. The molecule has 0 saturated carbocycles. The van der Waals surface area contributed by atoms with Crippen LogP contribution in [0.3, 0.4) is 0 Å². The second kappa shape index (κ2) is 9.53. The summed E-state index contributed by atoms with van der Waals surface area (Å²) in [5.74, 6) is 0.140. The van der Waals surface area contributed by atoms with Crippen LogP contribution in [0.5, 0.6) is 5.75 Å². The molecule has 1 aliphatic rings. The van der Waals surface area contributed by atoms with Crippen LogP contribution in [0.15, 0.2) is 47.4 Å². The fourth-order valence-electron chi connectivity index (χ4n) is 4.02. The number of hydrogen-bond acceptors (Lipinski definition) is 6. The van der Waals surface area contributed by atoms with Gasteiger partial charge in [-0.3, -0.25) is 14.3 Å². The van der Waals surface area contributed by atoms with Gasteiger partial charge in [0.2, 0.25) is 11.8 Å². The molecule has 0 fully saturated rings. The number of nitrogens with one attached hydrogen (secondary N) is 2. The molecule has 0 unspecified atom stereocenters. The lowest BCUT2D eigenvalue weighted by Crippen LogP contribution is -2.14. The maximum absolute atomic E-state index is 13.4. The maximum atomic E-state index is 13.4. The van der Waals surface area contributed by atoms with Gasteiger partial charge in [-0.05, 0) is 47.7 Å². The Bertz CT molecular complexity index is 1390. The summed E-state index contributed by atoms with van der Waals surface area (Å²) in [5, 5.41) is 7.16. The van der Waals surface area contributed by atoms with Crippen LogP contribution in [0.4, 0.5) is 11.5 Å². The van der Waals surface area contributed by atoms with E-state index in [-0.39, 0.29) is 41.1 Å². The molecule has 3 aromatic rings. The predicted octanol–water partition coefficient (Wildman–Crippen LogP) is 4.42. The number of carbonyl (C=O) groups excluding carboxylic acids is 2. The molecule has 1 amide bonds. The molecule has 184 valence electrons. The van der Waals surface area contributed by atoms with E-state index in [2.05, 4.69) is 29.0 Å². The topological polar surface area (TPSA) is 119 Å². The third kappa shape index (κ3) is 4.79. The highest BCUT2D eigenvalue weighted by Gasteiger charge is 2.28. The minimum Gasteiger partial charge on any atom is -0.495 e. The number of nitrogens with zero attached hydrogens (tertiary/aromatic N) is 2. The first-order chi connectivity index (χ1) is 16.6. The highest BCUT2D eigenvalue weighted by Crippen LogP contribution is 2.37. The van der Waals surface area contributed by atoms with E-state index in [4.69, 9.17) is 4.74 Å². The average molecular weight is 497 g/mol. The second-order valence-electron chi connectivity index (χ2n) is 8.63. The molecule has 1 aliphatic heterocycles. The number of rotatable bonds is 7. The first kappa shape index (κ1) is 24.5. The van der Waals surface area contributed by atoms with Gasteiger partial charge < -0.3 is 10.1 Å². The number of aryl methyl sites for hydroxylation is 1. The van der Waals surface area contributed by atoms with E-state index >= 15 is 0 Å². The van der Waals surface area contributed by atoms with Crippen molar-refractivity contribution in [1.82, 2.24) is 9.78 Å². The van der Waals surface area contributed by atoms with E-state index in [1.807, 2.05) is 19.1 Å². The van der Waals surface area contributed by atoms with Gasteiger partial charge in [-0.1, -0.05) is 39.0 Å². The Morgan fingerprint density at radius 2 is 1.83 bits per heavy atom. The van der Waals surface area contributed by atoms with Crippen LogP contribution >= 0.6 is 0 Å². The third-order valence-corrected chi connectivity index (χ3v) is 7.33. The Hall–Kier alpha value is -3.66. The Kier molecular flexibility index (Phi) is 6.66. The van der Waals surface area contributed by atoms with Crippen LogP contribution < -0.4 is 14.8 Å². The van der Waals surface area contributed by atoms with Crippen molar-refractivity contribution in [2.45, 2.75) is 50.8 Å². The van der Waals surface area contributed by atoms with Crippen molar-refractivity contribution in [2.24, 2.45) is 0 Å². The molecular weight excluding hydrogens is 468 g/mol. The first-order valence-electron chi connectivity index (χ1n) is 11.4. The molecule has 0 radical (unpaired) electrons. The lowest BCUT2D eigenvalue weighted by molar-refractivity contribution is -0.116. The summed E-state index contributed by atoms with van der Waals surface area (Å²) in [6, 6.07) is 11.9. The van der Waals surface area contributed by atoms with Gasteiger partial charge in [0.05, 0.1) is 12.8 Å². The largest absolute Gasteiger partial charge is 0.495 e. The molecule has 0 spiro atoms. The molecule has 0 atom stereocenters. The number of ether oxygens (including phenoxy) is 1. The minimum absolute atomic E-state index is 0.0465.